The van der Waals surface area contributed by atoms with Crippen LogP contribution < -0.4 is 5.32 Å². The van der Waals surface area contributed by atoms with Crippen LogP contribution in [0.1, 0.15) is 37.7 Å². The van der Waals surface area contributed by atoms with Crippen molar-refractivity contribution in [3.63, 3.8) is 0 Å². The highest BCUT2D eigenvalue weighted by Crippen LogP contribution is 2.34. The molecule has 0 unspecified atom stereocenters. The molecule has 1 aliphatic carbocycles. The van der Waals surface area contributed by atoms with Gasteiger partial charge in [0.15, 0.2) is 9.84 Å². The lowest BCUT2D eigenvalue weighted by atomic mass is 9.89. The third-order valence-electron chi connectivity index (χ3n) is 5.03. The molecule has 4 nitrogen and oxygen atoms in total. The summed E-state index contributed by atoms with van der Waals surface area (Å²) >= 11 is 0. The quantitative estimate of drug-likeness (QED) is 0.737. The number of sulfone groups is 1. The van der Waals surface area contributed by atoms with Crippen molar-refractivity contribution in [1.82, 2.24) is 4.98 Å². The van der Waals surface area contributed by atoms with Crippen molar-refractivity contribution in [2.45, 2.75) is 43.2 Å². The number of benzene rings is 1. The van der Waals surface area contributed by atoms with E-state index in [9.17, 15) is 21.6 Å². The van der Waals surface area contributed by atoms with E-state index in [1.54, 1.807) is 0 Å². The Bertz CT molecular complexity index is 919. The van der Waals surface area contributed by atoms with Crippen LogP contribution in [0.2, 0.25) is 0 Å². The summed E-state index contributed by atoms with van der Waals surface area (Å²) in [7, 11) is -3.38. The lowest BCUT2D eigenvalue weighted by Crippen LogP contribution is -2.18. The van der Waals surface area contributed by atoms with Crippen LogP contribution >= 0.6 is 0 Å². The Kier molecular flexibility index (Phi) is 5.98. The highest BCUT2D eigenvalue weighted by molar-refractivity contribution is 7.90. The molecule has 1 fully saturated rings. The summed E-state index contributed by atoms with van der Waals surface area (Å²) in [5.41, 5.74) is -0.198. The molecule has 1 heterocycles. The number of aromatic nitrogens is 1. The van der Waals surface area contributed by atoms with E-state index in [-0.39, 0.29) is 16.4 Å². The predicted octanol–water partition coefficient (Wildman–Crippen LogP) is 5.16. The molecular formula is C20H23F3N2O2S. The van der Waals surface area contributed by atoms with E-state index < -0.39 is 21.6 Å². The molecule has 0 spiro atoms. The Labute approximate surface area is 163 Å². The van der Waals surface area contributed by atoms with E-state index in [1.807, 2.05) is 0 Å². The summed E-state index contributed by atoms with van der Waals surface area (Å²) < 4.78 is 63.2. The van der Waals surface area contributed by atoms with Crippen LogP contribution in [0.4, 0.5) is 19.0 Å². The minimum atomic E-state index is -4.49. The standard InChI is InChI=1S/C20H23F3N2O2S/c1-28(26,27)17-9-7-15(8-10-17)18-11-16(20(21,22)23)12-19(25-18)24-13-14-5-3-2-4-6-14/h7-12,14H,2-6,13H2,1H3,(H,24,25). The number of pyridine rings is 1. The maximum absolute atomic E-state index is 13.3. The molecule has 0 radical (unpaired) electrons. The summed E-state index contributed by atoms with van der Waals surface area (Å²) in [5, 5.41) is 3.07. The minimum Gasteiger partial charge on any atom is -0.370 e. The van der Waals surface area contributed by atoms with Gasteiger partial charge in [-0.2, -0.15) is 13.2 Å². The van der Waals surface area contributed by atoms with E-state index in [0.29, 0.717) is 18.0 Å². The fourth-order valence-electron chi connectivity index (χ4n) is 3.45. The molecule has 2 aromatic rings. The monoisotopic (exact) mass is 412 g/mol. The van der Waals surface area contributed by atoms with Crippen LogP contribution in [-0.2, 0) is 16.0 Å². The van der Waals surface area contributed by atoms with Crippen LogP contribution in [0.15, 0.2) is 41.3 Å². The number of hydrogen-bond acceptors (Lipinski definition) is 4. The number of alkyl halides is 3. The van der Waals surface area contributed by atoms with Gasteiger partial charge in [-0.25, -0.2) is 13.4 Å². The van der Waals surface area contributed by atoms with Gasteiger partial charge in [0.25, 0.3) is 0 Å². The zero-order chi connectivity index (χ0) is 20.4. The fraction of sp³-hybridized carbons (Fsp3) is 0.450. The van der Waals surface area contributed by atoms with Crippen LogP contribution in [0.3, 0.4) is 0 Å². The van der Waals surface area contributed by atoms with Gasteiger partial charge < -0.3 is 5.32 Å². The Morgan fingerprint density at radius 1 is 1.07 bits per heavy atom. The predicted molar refractivity (Wildman–Crippen MR) is 103 cm³/mol. The highest BCUT2D eigenvalue weighted by atomic mass is 32.2. The van der Waals surface area contributed by atoms with E-state index in [1.165, 1.54) is 30.7 Å². The van der Waals surface area contributed by atoms with E-state index in [0.717, 1.165) is 44.1 Å². The van der Waals surface area contributed by atoms with Gasteiger partial charge in [0.2, 0.25) is 0 Å². The molecule has 28 heavy (non-hydrogen) atoms. The lowest BCUT2D eigenvalue weighted by molar-refractivity contribution is -0.137. The average Bonchev–Trinajstić information content (AvgIpc) is 2.66. The van der Waals surface area contributed by atoms with Crippen LogP contribution in [-0.4, -0.2) is 26.2 Å². The number of halogens is 3. The molecule has 0 aliphatic heterocycles. The molecule has 1 aromatic heterocycles. The molecule has 0 bridgehead atoms. The molecule has 8 heteroatoms. The molecule has 1 aromatic carbocycles. The lowest BCUT2D eigenvalue weighted by Gasteiger charge is -2.22. The van der Waals surface area contributed by atoms with Crippen molar-refractivity contribution in [1.29, 1.82) is 0 Å². The van der Waals surface area contributed by atoms with Gasteiger partial charge in [-0.3, -0.25) is 0 Å². The topological polar surface area (TPSA) is 59.1 Å². The van der Waals surface area contributed by atoms with Gasteiger partial charge in [-0.15, -0.1) is 0 Å². The average molecular weight is 412 g/mol. The van der Waals surface area contributed by atoms with Crippen LogP contribution in [0, 0.1) is 5.92 Å². The Morgan fingerprint density at radius 3 is 2.29 bits per heavy atom. The van der Waals surface area contributed by atoms with Crippen molar-refractivity contribution in [2.75, 3.05) is 18.1 Å². The summed E-state index contributed by atoms with van der Waals surface area (Å²) in [6, 6.07) is 7.72. The number of nitrogens with zero attached hydrogens (tertiary/aromatic N) is 1. The van der Waals surface area contributed by atoms with Gasteiger partial charge in [0.1, 0.15) is 5.82 Å². The number of hydrogen-bond donors (Lipinski definition) is 1. The first kappa shape index (κ1) is 20.6. The smallest absolute Gasteiger partial charge is 0.370 e. The second kappa shape index (κ2) is 8.11. The second-order valence-electron chi connectivity index (χ2n) is 7.31. The van der Waals surface area contributed by atoms with Gasteiger partial charge in [0, 0.05) is 18.4 Å². The molecular weight excluding hydrogens is 389 g/mol. The third kappa shape index (κ3) is 5.25. The number of rotatable bonds is 5. The summed E-state index contributed by atoms with van der Waals surface area (Å²) in [6.45, 7) is 0.598. The van der Waals surface area contributed by atoms with Crippen molar-refractivity contribution in [3.05, 3.63) is 42.0 Å². The van der Waals surface area contributed by atoms with Gasteiger partial charge >= 0.3 is 6.18 Å². The van der Waals surface area contributed by atoms with Crippen molar-refractivity contribution >= 4 is 15.7 Å². The van der Waals surface area contributed by atoms with Gasteiger partial charge in [-0.1, -0.05) is 31.4 Å². The van der Waals surface area contributed by atoms with Crippen molar-refractivity contribution < 1.29 is 21.6 Å². The summed E-state index contributed by atoms with van der Waals surface area (Å²) in [5.74, 6) is 0.630. The fourth-order valence-corrected chi connectivity index (χ4v) is 4.08. The normalized spacial score (nSPS) is 16.1. The van der Waals surface area contributed by atoms with E-state index >= 15 is 0 Å². The van der Waals surface area contributed by atoms with Gasteiger partial charge in [0.05, 0.1) is 16.2 Å². The molecule has 1 aliphatic rings. The van der Waals surface area contributed by atoms with Crippen molar-refractivity contribution in [2.24, 2.45) is 5.92 Å². The largest absolute Gasteiger partial charge is 0.416 e. The third-order valence-corrected chi connectivity index (χ3v) is 6.16. The first-order valence-electron chi connectivity index (χ1n) is 9.26. The Balaban J connectivity index is 1.89. The molecule has 0 amide bonds. The molecule has 1 saturated carbocycles. The maximum atomic E-state index is 13.3. The number of anilines is 1. The molecule has 0 atom stereocenters. The first-order valence-corrected chi connectivity index (χ1v) is 11.2. The van der Waals surface area contributed by atoms with Crippen LogP contribution in [0.25, 0.3) is 11.3 Å². The van der Waals surface area contributed by atoms with E-state index in [2.05, 4.69) is 10.3 Å². The molecule has 0 saturated heterocycles. The zero-order valence-electron chi connectivity index (χ0n) is 15.6. The molecule has 3 rings (SSSR count). The van der Waals surface area contributed by atoms with Crippen LogP contribution in [0.5, 0.6) is 0 Å². The zero-order valence-corrected chi connectivity index (χ0v) is 16.4. The summed E-state index contributed by atoms with van der Waals surface area (Å²) in [6.07, 6.45) is 2.26. The highest BCUT2D eigenvalue weighted by Gasteiger charge is 2.32. The Hall–Kier alpha value is -2.09. The van der Waals surface area contributed by atoms with E-state index in [4.69, 9.17) is 0 Å². The first-order chi connectivity index (χ1) is 13.1. The molecule has 152 valence electrons. The summed E-state index contributed by atoms with van der Waals surface area (Å²) in [4.78, 5) is 4.44. The molecule has 1 N–H and O–H groups in total. The maximum Gasteiger partial charge on any atom is 0.416 e. The second-order valence-corrected chi connectivity index (χ2v) is 9.32. The van der Waals surface area contributed by atoms with Crippen molar-refractivity contribution in [3.8, 4) is 11.3 Å². The minimum absolute atomic E-state index is 0.110. The SMILES string of the molecule is CS(=O)(=O)c1ccc(-c2cc(C(F)(F)F)cc(NCC3CCCCC3)n2)cc1. The Morgan fingerprint density at radius 2 is 1.71 bits per heavy atom. The number of nitrogens with one attached hydrogen (secondary N) is 1. The van der Waals surface area contributed by atoms with Gasteiger partial charge in [-0.05, 0) is 43.0 Å².